The zero-order chi connectivity index (χ0) is 28.8. The Hall–Kier alpha value is -0.790. The second-order valence-corrected chi connectivity index (χ2v) is 13.1. The van der Waals surface area contributed by atoms with Gasteiger partial charge in [-0.25, -0.2) is 0 Å². The Morgan fingerprint density at radius 3 is 1.07 bits per heavy atom. The van der Waals surface area contributed by atoms with Crippen molar-refractivity contribution in [1.29, 1.82) is 0 Å². The van der Waals surface area contributed by atoms with Crippen LogP contribution in [0.3, 0.4) is 0 Å². The molecule has 0 N–H and O–H groups in total. The predicted octanol–water partition coefficient (Wildman–Crippen LogP) is 13.6. The minimum atomic E-state index is 0.0214. The van der Waals surface area contributed by atoms with Gasteiger partial charge in [-0.15, -0.1) is 0 Å². The summed E-state index contributed by atoms with van der Waals surface area (Å²) < 4.78 is 5.37. The molecule has 0 radical (unpaired) electrons. The van der Waals surface area contributed by atoms with Crippen LogP contribution in [0.25, 0.3) is 0 Å². The molecule has 236 valence electrons. The van der Waals surface area contributed by atoms with Gasteiger partial charge < -0.3 is 4.74 Å². The summed E-state index contributed by atoms with van der Waals surface area (Å²) in [7, 11) is 0. The first-order valence-electron chi connectivity index (χ1n) is 18.7. The molecule has 40 heavy (non-hydrogen) atoms. The monoisotopic (exact) mass is 561 g/mol. The number of ether oxygens (including phenoxy) is 1. The van der Waals surface area contributed by atoms with Gasteiger partial charge in [0.2, 0.25) is 0 Å². The summed E-state index contributed by atoms with van der Waals surface area (Å²) in [5, 5.41) is 0. The van der Waals surface area contributed by atoms with Gasteiger partial charge in [0.05, 0.1) is 0 Å². The molecule has 2 heteroatoms. The SMILES string of the molecule is CCCCCCCCCCCCCCCCCC=C1OC(=O)C1CCCCCCCCCCCCCCCCC. The van der Waals surface area contributed by atoms with Crippen molar-refractivity contribution in [3.63, 3.8) is 0 Å². The van der Waals surface area contributed by atoms with Crippen molar-refractivity contribution in [2.24, 2.45) is 5.92 Å². The average molecular weight is 561 g/mol. The molecule has 0 bridgehead atoms. The highest BCUT2D eigenvalue weighted by Gasteiger charge is 2.36. The minimum absolute atomic E-state index is 0.0214. The molecular weight excluding hydrogens is 488 g/mol. The molecule has 1 rings (SSSR count). The van der Waals surface area contributed by atoms with Crippen LogP contribution in [0.2, 0.25) is 0 Å². The third-order valence-electron chi connectivity index (χ3n) is 9.10. The first kappa shape index (κ1) is 37.2. The Balaban J connectivity index is 1.83. The van der Waals surface area contributed by atoms with Crippen LogP contribution in [0.5, 0.6) is 0 Å². The fraction of sp³-hybridized carbons (Fsp3) is 0.921. The van der Waals surface area contributed by atoms with Crippen LogP contribution in [-0.2, 0) is 9.53 Å². The molecule has 1 fully saturated rings. The summed E-state index contributed by atoms with van der Waals surface area (Å²) in [5.74, 6) is 1.09. The van der Waals surface area contributed by atoms with Crippen LogP contribution in [-0.4, -0.2) is 5.97 Å². The second kappa shape index (κ2) is 29.7. The van der Waals surface area contributed by atoms with E-state index in [4.69, 9.17) is 4.74 Å². The van der Waals surface area contributed by atoms with Gasteiger partial charge in [0.25, 0.3) is 0 Å². The number of hydrogen-bond donors (Lipinski definition) is 0. The topological polar surface area (TPSA) is 26.3 Å². The first-order chi connectivity index (χ1) is 19.8. The summed E-state index contributed by atoms with van der Waals surface area (Å²) in [6.45, 7) is 4.59. The van der Waals surface area contributed by atoms with Gasteiger partial charge in [-0.1, -0.05) is 200 Å². The molecular formula is C38H72O2. The molecule has 0 amide bonds. The molecule has 0 aliphatic carbocycles. The summed E-state index contributed by atoms with van der Waals surface area (Å²) >= 11 is 0. The van der Waals surface area contributed by atoms with E-state index in [2.05, 4.69) is 19.9 Å². The van der Waals surface area contributed by atoms with Crippen LogP contribution in [0.15, 0.2) is 11.8 Å². The van der Waals surface area contributed by atoms with Crippen molar-refractivity contribution >= 4 is 5.97 Å². The molecule has 0 spiro atoms. The molecule has 1 atom stereocenters. The maximum absolute atomic E-state index is 11.9. The van der Waals surface area contributed by atoms with Gasteiger partial charge >= 0.3 is 5.97 Å². The molecule has 0 saturated carbocycles. The van der Waals surface area contributed by atoms with Crippen molar-refractivity contribution in [3.05, 3.63) is 11.8 Å². The first-order valence-corrected chi connectivity index (χ1v) is 18.7. The highest BCUT2D eigenvalue weighted by molar-refractivity contribution is 5.82. The fourth-order valence-electron chi connectivity index (χ4n) is 6.24. The molecule has 1 unspecified atom stereocenters. The van der Waals surface area contributed by atoms with Gasteiger partial charge in [0, 0.05) is 0 Å². The Labute approximate surface area is 252 Å². The number of esters is 1. The lowest BCUT2D eigenvalue weighted by atomic mass is 9.93. The lowest BCUT2D eigenvalue weighted by Gasteiger charge is -2.28. The lowest BCUT2D eigenvalue weighted by Crippen LogP contribution is -2.32. The maximum Gasteiger partial charge on any atom is 0.321 e. The van der Waals surface area contributed by atoms with E-state index in [9.17, 15) is 4.79 Å². The summed E-state index contributed by atoms with van der Waals surface area (Å²) in [5.41, 5.74) is 0. The van der Waals surface area contributed by atoms with E-state index in [1.807, 2.05) is 0 Å². The third kappa shape index (κ3) is 22.8. The number of rotatable bonds is 32. The number of carbonyl (C=O) groups excluding carboxylic acids is 1. The number of cyclic esters (lactones) is 1. The Kier molecular flexibility index (Phi) is 27.6. The van der Waals surface area contributed by atoms with E-state index in [-0.39, 0.29) is 11.9 Å². The van der Waals surface area contributed by atoms with E-state index in [1.54, 1.807) is 0 Å². The van der Waals surface area contributed by atoms with Crippen LogP contribution in [0.1, 0.15) is 219 Å². The average Bonchev–Trinajstić information content (AvgIpc) is 2.96. The zero-order valence-corrected chi connectivity index (χ0v) is 27.6. The van der Waals surface area contributed by atoms with Crippen LogP contribution in [0, 0.1) is 5.92 Å². The van der Waals surface area contributed by atoms with E-state index in [0.717, 1.165) is 18.6 Å². The molecule has 1 heterocycles. The summed E-state index contributed by atoms with van der Waals surface area (Å²) in [4.78, 5) is 11.9. The van der Waals surface area contributed by atoms with E-state index < -0.39 is 0 Å². The van der Waals surface area contributed by atoms with Gasteiger partial charge in [-0.05, 0) is 25.3 Å². The predicted molar refractivity (Wildman–Crippen MR) is 177 cm³/mol. The molecule has 1 aliphatic rings. The number of unbranched alkanes of at least 4 members (excludes halogenated alkanes) is 29. The van der Waals surface area contributed by atoms with Gasteiger partial charge in [-0.2, -0.15) is 0 Å². The summed E-state index contributed by atoms with van der Waals surface area (Å²) in [6, 6.07) is 0. The third-order valence-corrected chi connectivity index (χ3v) is 9.10. The van der Waals surface area contributed by atoms with Crippen molar-refractivity contribution in [2.75, 3.05) is 0 Å². The number of carbonyl (C=O) groups is 1. The van der Waals surface area contributed by atoms with Gasteiger partial charge in [-0.3, -0.25) is 4.79 Å². The Morgan fingerprint density at radius 2 is 0.750 bits per heavy atom. The van der Waals surface area contributed by atoms with Crippen LogP contribution >= 0.6 is 0 Å². The molecule has 1 aliphatic heterocycles. The van der Waals surface area contributed by atoms with Crippen molar-refractivity contribution in [2.45, 2.75) is 219 Å². The number of allylic oxidation sites excluding steroid dienone is 1. The Bertz CT molecular complexity index is 566. The highest BCUT2D eigenvalue weighted by atomic mass is 16.6. The maximum atomic E-state index is 11.9. The molecule has 0 aromatic heterocycles. The van der Waals surface area contributed by atoms with Crippen molar-refractivity contribution < 1.29 is 9.53 Å². The molecule has 0 aromatic rings. The largest absolute Gasteiger partial charge is 0.430 e. The summed E-state index contributed by atoms with van der Waals surface area (Å²) in [6.07, 6.45) is 46.2. The van der Waals surface area contributed by atoms with Crippen LogP contribution in [0.4, 0.5) is 0 Å². The zero-order valence-electron chi connectivity index (χ0n) is 27.6. The van der Waals surface area contributed by atoms with E-state index in [0.29, 0.717) is 0 Å². The molecule has 0 aromatic carbocycles. The van der Waals surface area contributed by atoms with Gasteiger partial charge in [0.15, 0.2) is 0 Å². The number of hydrogen-bond acceptors (Lipinski definition) is 2. The quantitative estimate of drug-likeness (QED) is 0.0604. The van der Waals surface area contributed by atoms with E-state index in [1.165, 1.54) is 193 Å². The molecule has 1 saturated heterocycles. The smallest absolute Gasteiger partial charge is 0.321 e. The van der Waals surface area contributed by atoms with Gasteiger partial charge in [0.1, 0.15) is 11.7 Å². The van der Waals surface area contributed by atoms with Crippen LogP contribution < -0.4 is 0 Å². The highest BCUT2D eigenvalue weighted by Crippen LogP contribution is 2.32. The fourth-order valence-corrected chi connectivity index (χ4v) is 6.24. The second-order valence-electron chi connectivity index (χ2n) is 13.1. The van der Waals surface area contributed by atoms with E-state index >= 15 is 0 Å². The Morgan fingerprint density at radius 1 is 0.450 bits per heavy atom. The van der Waals surface area contributed by atoms with Crippen molar-refractivity contribution in [1.82, 2.24) is 0 Å². The minimum Gasteiger partial charge on any atom is -0.430 e. The molecule has 2 nitrogen and oxygen atoms in total. The lowest BCUT2D eigenvalue weighted by molar-refractivity contribution is -0.157. The van der Waals surface area contributed by atoms with Crippen molar-refractivity contribution in [3.8, 4) is 0 Å². The normalized spacial score (nSPS) is 16.0. The standard InChI is InChI=1S/C38H72O2/c1-3-5-7-9-11-13-15-17-19-21-23-25-27-29-31-33-35-37-36(38(39)40-37)34-32-30-28-26-24-22-20-18-16-14-12-10-8-6-4-2/h35-36H,3-34H2,1-2H3.